The van der Waals surface area contributed by atoms with Crippen LogP contribution >= 0.6 is 0 Å². The number of fused-ring (bicyclic) bond motifs is 1. The topological polar surface area (TPSA) is 64.1 Å². The van der Waals surface area contributed by atoms with Gasteiger partial charge in [-0.3, -0.25) is 24.3 Å². The Morgan fingerprint density at radius 3 is 2.00 bits per heavy atom. The Kier molecular flexibility index (Phi) is 6.38. The van der Waals surface area contributed by atoms with E-state index in [1.807, 2.05) is 18.2 Å². The number of β-amino-alcohol motifs (C(OH)–C–C–N with tert-alkyl or cyclic N) is 1. The first-order valence-corrected chi connectivity index (χ1v) is 10.4. The fraction of sp³-hybridized carbons (Fsp3) is 0.333. The molecule has 6 nitrogen and oxygen atoms in total. The van der Waals surface area contributed by atoms with E-state index in [0.29, 0.717) is 17.7 Å². The van der Waals surface area contributed by atoms with Crippen molar-refractivity contribution >= 4 is 17.9 Å². The van der Waals surface area contributed by atoms with Crippen molar-refractivity contribution in [2.24, 2.45) is 0 Å². The molecule has 0 radical (unpaired) electrons. The van der Waals surface area contributed by atoms with Gasteiger partial charge in [0.2, 0.25) is 0 Å². The fourth-order valence-electron chi connectivity index (χ4n) is 4.03. The van der Waals surface area contributed by atoms with Gasteiger partial charge < -0.3 is 5.11 Å². The summed E-state index contributed by atoms with van der Waals surface area (Å²) in [5.74, 6) is -0.630. The molecule has 0 saturated carbocycles. The number of nitrogens with zero attached hydrogens (tertiary/aromatic N) is 3. The van der Waals surface area contributed by atoms with Gasteiger partial charge in [0.05, 0.1) is 23.8 Å². The molecule has 2 aromatic carbocycles. The van der Waals surface area contributed by atoms with E-state index in [1.54, 1.807) is 24.3 Å². The Morgan fingerprint density at radius 1 is 0.800 bits per heavy atom. The minimum Gasteiger partial charge on any atom is -0.390 e. The minimum atomic E-state index is -0.753. The highest BCUT2D eigenvalue weighted by Crippen LogP contribution is 2.22. The molecule has 2 aliphatic rings. The summed E-state index contributed by atoms with van der Waals surface area (Å²) < 4.78 is 0. The summed E-state index contributed by atoms with van der Waals surface area (Å²) in [6.07, 6.45) is 3.57. The van der Waals surface area contributed by atoms with Gasteiger partial charge >= 0.3 is 0 Å². The molecule has 0 aliphatic carbocycles. The van der Waals surface area contributed by atoms with Crippen molar-refractivity contribution in [2.45, 2.75) is 6.10 Å². The molecule has 2 amide bonds. The third-order valence-electron chi connectivity index (χ3n) is 5.68. The minimum absolute atomic E-state index is 0.0341. The van der Waals surface area contributed by atoms with Crippen LogP contribution in [0.4, 0.5) is 0 Å². The molecule has 1 atom stereocenters. The molecule has 0 aromatic heterocycles. The van der Waals surface area contributed by atoms with Gasteiger partial charge in [0.25, 0.3) is 11.8 Å². The van der Waals surface area contributed by atoms with E-state index < -0.39 is 6.10 Å². The van der Waals surface area contributed by atoms with Crippen LogP contribution in [0, 0.1) is 0 Å². The molecule has 1 fully saturated rings. The lowest BCUT2D eigenvalue weighted by Gasteiger charge is -2.35. The van der Waals surface area contributed by atoms with Crippen LogP contribution in [0.1, 0.15) is 26.3 Å². The van der Waals surface area contributed by atoms with Crippen LogP contribution in [0.5, 0.6) is 0 Å². The first-order valence-electron chi connectivity index (χ1n) is 10.4. The smallest absolute Gasteiger partial charge is 0.261 e. The number of carbonyl (C=O) groups excluding carboxylic acids is 2. The Balaban J connectivity index is 1.21. The molecule has 1 N–H and O–H groups in total. The lowest BCUT2D eigenvalue weighted by molar-refractivity contribution is 0.0409. The maximum Gasteiger partial charge on any atom is 0.261 e. The average molecular weight is 405 g/mol. The Labute approximate surface area is 177 Å². The normalized spacial score (nSPS) is 18.9. The predicted octanol–water partition coefficient (Wildman–Crippen LogP) is 1.97. The molecule has 2 aliphatic heterocycles. The van der Waals surface area contributed by atoms with E-state index >= 15 is 0 Å². The van der Waals surface area contributed by atoms with Gasteiger partial charge in [-0.1, -0.05) is 54.6 Å². The molecule has 0 bridgehead atoms. The molecule has 1 saturated heterocycles. The lowest BCUT2D eigenvalue weighted by Crippen LogP contribution is -2.50. The molecule has 1 unspecified atom stereocenters. The monoisotopic (exact) mass is 405 g/mol. The van der Waals surface area contributed by atoms with E-state index in [9.17, 15) is 14.7 Å². The number of imide groups is 1. The second-order valence-corrected chi connectivity index (χ2v) is 7.83. The van der Waals surface area contributed by atoms with Crippen LogP contribution in [-0.4, -0.2) is 83.5 Å². The first-order chi connectivity index (χ1) is 14.6. The second-order valence-electron chi connectivity index (χ2n) is 7.83. The number of piperazine rings is 1. The van der Waals surface area contributed by atoms with Crippen LogP contribution < -0.4 is 0 Å². The van der Waals surface area contributed by atoms with Crippen molar-refractivity contribution in [3.05, 3.63) is 77.4 Å². The van der Waals surface area contributed by atoms with Gasteiger partial charge in [-0.2, -0.15) is 0 Å². The largest absolute Gasteiger partial charge is 0.390 e. The maximum atomic E-state index is 12.4. The van der Waals surface area contributed by atoms with Crippen LogP contribution in [0.15, 0.2) is 60.7 Å². The van der Waals surface area contributed by atoms with Crippen LogP contribution in [0.2, 0.25) is 0 Å². The van der Waals surface area contributed by atoms with E-state index in [1.165, 1.54) is 10.5 Å². The molecular weight excluding hydrogens is 378 g/mol. The Morgan fingerprint density at radius 2 is 1.37 bits per heavy atom. The third kappa shape index (κ3) is 4.67. The summed E-state index contributed by atoms with van der Waals surface area (Å²) in [5, 5.41) is 10.5. The summed E-state index contributed by atoms with van der Waals surface area (Å²) in [6, 6.07) is 17.1. The molecule has 156 valence electrons. The van der Waals surface area contributed by atoms with Gasteiger partial charge in [0.1, 0.15) is 0 Å². The van der Waals surface area contributed by atoms with Crippen molar-refractivity contribution in [3.8, 4) is 0 Å². The van der Waals surface area contributed by atoms with Crippen LogP contribution in [0.3, 0.4) is 0 Å². The van der Waals surface area contributed by atoms with Crippen LogP contribution in [0.25, 0.3) is 6.08 Å². The summed E-state index contributed by atoms with van der Waals surface area (Å²) in [7, 11) is 0. The Bertz CT molecular complexity index is 885. The highest BCUT2D eigenvalue weighted by atomic mass is 16.3. The van der Waals surface area contributed by atoms with Crippen molar-refractivity contribution in [1.29, 1.82) is 0 Å². The van der Waals surface area contributed by atoms with Gasteiger partial charge in [0.15, 0.2) is 0 Å². The molecule has 6 heteroatoms. The van der Waals surface area contributed by atoms with Crippen molar-refractivity contribution < 1.29 is 14.7 Å². The molecule has 0 spiro atoms. The van der Waals surface area contributed by atoms with E-state index in [2.05, 4.69) is 34.1 Å². The third-order valence-corrected chi connectivity index (χ3v) is 5.68. The van der Waals surface area contributed by atoms with Crippen molar-refractivity contribution in [1.82, 2.24) is 14.7 Å². The quantitative estimate of drug-likeness (QED) is 0.714. The molecule has 2 heterocycles. The molecule has 2 aromatic rings. The summed E-state index contributed by atoms with van der Waals surface area (Å²) in [6.45, 7) is 4.97. The highest BCUT2D eigenvalue weighted by Gasteiger charge is 2.36. The zero-order chi connectivity index (χ0) is 20.9. The SMILES string of the molecule is O=C1c2ccccc2C(=O)N1CC(O)CN1CCN(C/C=C\c2ccccc2)CC1. The zero-order valence-corrected chi connectivity index (χ0v) is 17.0. The van der Waals surface area contributed by atoms with Crippen molar-refractivity contribution in [2.75, 3.05) is 45.8 Å². The standard InChI is InChI=1S/C24H27N3O3/c28-20(18-27-23(29)21-10-4-5-11-22(21)24(27)30)17-26-15-13-25(14-16-26)12-6-9-19-7-2-1-3-8-19/h1-11,20,28H,12-18H2/b9-6-. The average Bonchev–Trinajstić information content (AvgIpc) is 3.01. The van der Waals surface area contributed by atoms with E-state index in [-0.39, 0.29) is 18.4 Å². The van der Waals surface area contributed by atoms with E-state index in [0.717, 1.165) is 32.7 Å². The summed E-state index contributed by atoms with van der Waals surface area (Å²) in [4.78, 5) is 30.6. The van der Waals surface area contributed by atoms with Gasteiger partial charge in [-0.25, -0.2) is 0 Å². The zero-order valence-electron chi connectivity index (χ0n) is 17.0. The fourth-order valence-corrected chi connectivity index (χ4v) is 4.03. The number of carbonyl (C=O) groups is 2. The number of rotatable bonds is 7. The number of hydrogen-bond acceptors (Lipinski definition) is 5. The predicted molar refractivity (Wildman–Crippen MR) is 116 cm³/mol. The number of benzene rings is 2. The number of amides is 2. The summed E-state index contributed by atoms with van der Waals surface area (Å²) >= 11 is 0. The molecule has 30 heavy (non-hydrogen) atoms. The molecular formula is C24H27N3O3. The number of aliphatic hydroxyl groups excluding tert-OH is 1. The van der Waals surface area contributed by atoms with Gasteiger partial charge in [-0.15, -0.1) is 0 Å². The number of aliphatic hydroxyl groups is 1. The first kappa shape index (κ1) is 20.5. The molecule has 4 rings (SSSR count). The Hall–Kier alpha value is -2.80. The second kappa shape index (κ2) is 9.34. The van der Waals surface area contributed by atoms with E-state index in [4.69, 9.17) is 0 Å². The summed E-state index contributed by atoms with van der Waals surface area (Å²) in [5.41, 5.74) is 2.05. The van der Waals surface area contributed by atoms with Crippen LogP contribution in [-0.2, 0) is 0 Å². The van der Waals surface area contributed by atoms with Gasteiger partial charge in [-0.05, 0) is 17.7 Å². The lowest BCUT2D eigenvalue weighted by atomic mass is 10.1. The highest BCUT2D eigenvalue weighted by molar-refractivity contribution is 6.21. The van der Waals surface area contributed by atoms with Crippen molar-refractivity contribution in [3.63, 3.8) is 0 Å². The number of hydrogen-bond donors (Lipinski definition) is 1. The van der Waals surface area contributed by atoms with Gasteiger partial charge in [0, 0.05) is 39.3 Å². The maximum absolute atomic E-state index is 12.4.